The van der Waals surface area contributed by atoms with Crippen molar-refractivity contribution in [3.63, 3.8) is 0 Å². The Balaban J connectivity index is 2.48. The van der Waals surface area contributed by atoms with Crippen LogP contribution < -0.4 is 10.9 Å². The fourth-order valence-corrected chi connectivity index (χ4v) is 2.01. The van der Waals surface area contributed by atoms with Crippen LogP contribution in [0, 0.1) is 12.7 Å². The molecule has 1 aromatic carbocycles. The molecule has 5 heteroatoms. The number of aryl methyl sites for hydroxylation is 1. The highest BCUT2D eigenvalue weighted by molar-refractivity contribution is 5.93. The maximum absolute atomic E-state index is 13.6. The lowest BCUT2D eigenvalue weighted by molar-refractivity contribution is 0.0961. The molecule has 0 saturated heterocycles. The van der Waals surface area contributed by atoms with Crippen molar-refractivity contribution in [3.8, 4) is 0 Å². The number of nitrogens with zero attached hydrogens (tertiary/aromatic N) is 1. The van der Waals surface area contributed by atoms with Gasteiger partial charge in [-0.25, -0.2) is 4.39 Å². The normalized spacial score (nSPS) is 10.3. The molecule has 1 N–H and O–H groups in total. The summed E-state index contributed by atoms with van der Waals surface area (Å²) in [6.07, 6.45) is 1.61. The van der Waals surface area contributed by atoms with Gasteiger partial charge < -0.3 is 9.88 Å². The summed E-state index contributed by atoms with van der Waals surface area (Å²) in [5.41, 5.74) is 0.796. The van der Waals surface area contributed by atoms with E-state index in [2.05, 4.69) is 5.32 Å². The van der Waals surface area contributed by atoms with Gasteiger partial charge in [0.15, 0.2) is 0 Å². The third-order valence-electron chi connectivity index (χ3n) is 2.99. The molecule has 0 spiro atoms. The zero-order chi connectivity index (χ0) is 14.7. The van der Waals surface area contributed by atoms with E-state index in [-0.39, 0.29) is 17.9 Å². The van der Waals surface area contributed by atoms with Crippen molar-refractivity contribution >= 4 is 5.91 Å². The fraction of sp³-hybridized carbons (Fsp3) is 0.200. The third kappa shape index (κ3) is 2.77. The van der Waals surface area contributed by atoms with E-state index in [0.29, 0.717) is 5.56 Å². The van der Waals surface area contributed by atoms with E-state index in [0.717, 1.165) is 5.56 Å². The minimum Gasteiger partial charge on any atom is -0.355 e. The van der Waals surface area contributed by atoms with Crippen molar-refractivity contribution < 1.29 is 9.18 Å². The Morgan fingerprint density at radius 2 is 2.05 bits per heavy atom. The van der Waals surface area contributed by atoms with Gasteiger partial charge >= 0.3 is 0 Å². The molecule has 4 nitrogen and oxygen atoms in total. The summed E-state index contributed by atoms with van der Waals surface area (Å²) in [7, 11) is 1.46. The molecule has 0 atom stereocenters. The highest BCUT2D eigenvalue weighted by atomic mass is 19.1. The second-order valence-corrected chi connectivity index (χ2v) is 4.53. The average Bonchev–Trinajstić information content (AvgIpc) is 2.44. The molecule has 1 heterocycles. The van der Waals surface area contributed by atoms with Crippen LogP contribution >= 0.6 is 0 Å². The van der Waals surface area contributed by atoms with Crippen molar-refractivity contribution in [2.75, 3.05) is 7.05 Å². The van der Waals surface area contributed by atoms with Crippen LogP contribution in [0.25, 0.3) is 0 Å². The number of hydrogen-bond acceptors (Lipinski definition) is 2. The molecule has 20 heavy (non-hydrogen) atoms. The van der Waals surface area contributed by atoms with Crippen molar-refractivity contribution in [2.45, 2.75) is 13.5 Å². The zero-order valence-electron chi connectivity index (χ0n) is 11.3. The van der Waals surface area contributed by atoms with Crippen LogP contribution in [0.4, 0.5) is 4.39 Å². The first kappa shape index (κ1) is 14.0. The molecule has 2 aromatic rings. The minimum atomic E-state index is -0.444. The van der Waals surface area contributed by atoms with E-state index in [9.17, 15) is 14.0 Å². The van der Waals surface area contributed by atoms with Crippen LogP contribution in [0.2, 0.25) is 0 Å². The van der Waals surface area contributed by atoms with Crippen molar-refractivity contribution in [2.24, 2.45) is 0 Å². The first-order chi connectivity index (χ1) is 9.52. The van der Waals surface area contributed by atoms with Gasteiger partial charge in [0.1, 0.15) is 11.4 Å². The molecule has 0 aliphatic rings. The summed E-state index contributed by atoms with van der Waals surface area (Å²) in [5.74, 6) is -0.816. The van der Waals surface area contributed by atoms with Crippen LogP contribution in [0.5, 0.6) is 0 Å². The predicted molar refractivity (Wildman–Crippen MR) is 74.3 cm³/mol. The summed E-state index contributed by atoms with van der Waals surface area (Å²) in [5, 5.41) is 2.43. The van der Waals surface area contributed by atoms with E-state index in [4.69, 9.17) is 0 Å². The van der Waals surface area contributed by atoms with Crippen LogP contribution in [0.3, 0.4) is 0 Å². The Morgan fingerprint density at radius 3 is 2.70 bits per heavy atom. The summed E-state index contributed by atoms with van der Waals surface area (Å²) >= 11 is 0. The molecule has 0 unspecified atom stereocenters. The van der Waals surface area contributed by atoms with Gasteiger partial charge in [0.2, 0.25) is 0 Å². The molecule has 0 bridgehead atoms. The average molecular weight is 274 g/mol. The highest BCUT2D eigenvalue weighted by Gasteiger charge is 2.13. The number of carbonyl (C=O) groups is 1. The van der Waals surface area contributed by atoms with Crippen LogP contribution in [0.1, 0.15) is 21.5 Å². The molecule has 0 fully saturated rings. The van der Waals surface area contributed by atoms with Gasteiger partial charge in [-0.15, -0.1) is 0 Å². The maximum Gasteiger partial charge on any atom is 0.263 e. The van der Waals surface area contributed by atoms with Gasteiger partial charge in [0, 0.05) is 18.8 Å². The third-order valence-corrected chi connectivity index (χ3v) is 2.99. The molecular weight excluding hydrogens is 259 g/mol. The highest BCUT2D eigenvalue weighted by Crippen LogP contribution is 2.08. The number of amides is 1. The van der Waals surface area contributed by atoms with E-state index in [1.54, 1.807) is 31.3 Å². The first-order valence-electron chi connectivity index (χ1n) is 6.19. The van der Waals surface area contributed by atoms with Crippen LogP contribution in [-0.2, 0) is 6.54 Å². The lowest BCUT2D eigenvalue weighted by atomic mass is 10.1. The maximum atomic E-state index is 13.6. The molecule has 2 rings (SSSR count). The summed E-state index contributed by atoms with van der Waals surface area (Å²) < 4.78 is 15.0. The monoisotopic (exact) mass is 274 g/mol. The quantitative estimate of drug-likeness (QED) is 0.926. The predicted octanol–water partition coefficient (Wildman–Crippen LogP) is 1.70. The van der Waals surface area contributed by atoms with Gasteiger partial charge in [-0.2, -0.15) is 0 Å². The largest absolute Gasteiger partial charge is 0.355 e. The SMILES string of the molecule is CNC(=O)c1cc(C)cn(Cc2ccccc2F)c1=O. The molecular formula is C15H15FN2O2. The second kappa shape index (κ2) is 5.69. The standard InChI is InChI=1S/C15H15FN2O2/c1-10-7-12(14(19)17-2)15(20)18(8-10)9-11-5-3-4-6-13(11)16/h3-8H,9H2,1-2H3,(H,17,19). The van der Waals surface area contributed by atoms with Gasteiger partial charge in [-0.1, -0.05) is 18.2 Å². The number of nitrogens with one attached hydrogen (secondary N) is 1. The van der Waals surface area contributed by atoms with Gasteiger partial charge in [-0.3, -0.25) is 9.59 Å². The number of halogens is 1. The Morgan fingerprint density at radius 1 is 1.35 bits per heavy atom. The summed E-state index contributed by atoms with van der Waals surface area (Å²) in [4.78, 5) is 23.9. The number of aromatic nitrogens is 1. The minimum absolute atomic E-state index is 0.0591. The van der Waals surface area contributed by atoms with Gasteiger partial charge in [-0.05, 0) is 24.6 Å². The first-order valence-corrected chi connectivity index (χ1v) is 6.19. The molecule has 1 amide bonds. The lowest BCUT2D eigenvalue weighted by Gasteiger charge is -2.10. The van der Waals surface area contributed by atoms with E-state index in [1.807, 2.05) is 0 Å². The van der Waals surface area contributed by atoms with E-state index >= 15 is 0 Å². The number of carbonyl (C=O) groups excluding carboxylic acids is 1. The zero-order valence-corrected chi connectivity index (χ0v) is 11.3. The Bertz CT molecular complexity index is 707. The summed E-state index contributed by atoms with van der Waals surface area (Å²) in [6.45, 7) is 1.88. The molecule has 1 aromatic heterocycles. The molecule has 0 aliphatic carbocycles. The van der Waals surface area contributed by atoms with Gasteiger partial charge in [0.05, 0.1) is 6.54 Å². The number of rotatable bonds is 3. The summed E-state index contributed by atoms with van der Waals surface area (Å²) in [6, 6.07) is 7.78. The topological polar surface area (TPSA) is 51.1 Å². The smallest absolute Gasteiger partial charge is 0.263 e. The Hall–Kier alpha value is -2.43. The fourth-order valence-electron chi connectivity index (χ4n) is 2.01. The van der Waals surface area contributed by atoms with Crippen molar-refractivity contribution in [1.82, 2.24) is 9.88 Å². The van der Waals surface area contributed by atoms with Crippen LogP contribution in [-0.4, -0.2) is 17.5 Å². The second-order valence-electron chi connectivity index (χ2n) is 4.53. The number of pyridine rings is 1. The molecule has 104 valence electrons. The lowest BCUT2D eigenvalue weighted by Crippen LogP contribution is -2.31. The Kier molecular flexibility index (Phi) is 3.98. The number of benzene rings is 1. The number of hydrogen-bond donors (Lipinski definition) is 1. The van der Waals surface area contributed by atoms with Crippen LogP contribution in [0.15, 0.2) is 41.3 Å². The molecule has 0 radical (unpaired) electrons. The van der Waals surface area contributed by atoms with Crippen molar-refractivity contribution in [1.29, 1.82) is 0 Å². The van der Waals surface area contributed by atoms with E-state index in [1.165, 1.54) is 23.7 Å². The van der Waals surface area contributed by atoms with Gasteiger partial charge in [0.25, 0.3) is 11.5 Å². The van der Waals surface area contributed by atoms with E-state index < -0.39 is 11.5 Å². The molecule has 0 aliphatic heterocycles. The molecule has 0 saturated carbocycles. The Labute approximate surface area is 115 Å². The van der Waals surface area contributed by atoms with Crippen molar-refractivity contribution in [3.05, 3.63) is 69.4 Å².